The van der Waals surface area contributed by atoms with Crippen LogP contribution in [0.25, 0.3) is 0 Å². The Kier molecular flexibility index (Phi) is 5.82. The SMILES string of the molecule is CC(CCCNC(=O)c1ccc(N)c(Br)c1)C(=O)O. The molecule has 6 heteroatoms. The molecule has 0 aliphatic heterocycles. The van der Waals surface area contributed by atoms with Crippen LogP contribution in [0.1, 0.15) is 30.1 Å². The average molecular weight is 329 g/mol. The molecule has 104 valence electrons. The number of nitrogens with one attached hydrogen (secondary N) is 1. The van der Waals surface area contributed by atoms with E-state index in [0.29, 0.717) is 35.1 Å². The first-order valence-electron chi connectivity index (χ1n) is 5.98. The van der Waals surface area contributed by atoms with Gasteiger partial charge in [-0.3, -0.25) is 9.59 Å². The molecular formula is C13H17BrN2O3. The fourth-order valence-corrected chi connectivity index (χ4v) is 1.88. The van der Waals surface area contributed by atoms with Gasteiger partial charge in [-0.2, -0.15) is 0 Å². The van der Waals surface area contributed by atoms with Crippen molar-refractivity contribution in [3.63, 3.8) is 0 Å². The number of carboxylic acids is 1. The molecule has 0 aliphatic carbocycles. The molecule has 5 nitrogen and oxygen atoms in total. The third-order valence-corrected chi connectivity index (χ3v) is 3.47. The molecular weight excluding hydrogens is 312 g/mol. The van der Waals surface area contributed by atoms with Crippen molar-refractivity contribution in [1.82, 2.24) is 5.32 Å². The Morgan fingerprint density at radius 3 is 2.74 bits per heavy atom. The van der Waals surface area contributed by atoms with Gasteiger partial charge in [-0.1, -0.05) is 6.92 Å². The number of rotatable bonds is 6. The van der Waals surface area contributed by atoms with Crippen LogP contribution in [0.2, 0.25) is 0 Å². The van der Waals surface area contributed by atoms with Gasteiger partial charge in [-0.15, -0.1) is 0 Å². The Labute approximate surface area is 120 Å². The van der Waals surface area contributed by atoms with E-state index in [0.717, 1.165) is 0 Å². The second kappa shape index (κ2) is 7.13. The number of carboxylic acid groups (broad SMARTS) is 1. The van der Waals surface area contributed by atoms with Gasteiger partial charge in [0.25, 0.3) is 5.91 Å². The third-order valence-electron chi connectivity index (χ3n) is 2.78. The van der Waals surface area contributed by atoms with Crippen molar-refractivity contribution in [3.8, 4) is 0 Å². The van der Waals surface area contributed by atoms with Gasteiger partial charge in [0.2, 0.25) is 0 Å². The van der Waals surface area contributed by atoms with Crippen molar-refractivity contribution >= 4 is 33.5 Å². The minimum absolute atomic E-state index is 0.191. The molecule has 0 heterocycles. The van der Waals surface area contributed by atoms with E-state index in [1.54, 1.807) is 25.1 Å². The Bertz CT molecular complexity index is 477. The summed E-state index contributed by atoms with van der Waals surface area (Å²) in [6.45, 7) is 2.11. The third kappa shape index (κ3) is 4.90. The lowest BCUT2D eigenvalue weighted by molar-refractivity contribution is -0.141. The van der Waals surface area contributed by atoms with Gasteiger partial charge < -0.3 is 16.2 Å². The zero-order valence-electron chi connectivity index (χ0n) is 10.6. The molecule has 0 aliphatic rings. The van der Waals surface area contributed by atoms with Crippen molar-refractivity contribution < 1.29 is 14.7 Å². The first-order chi connectivity index (χ1) is 8.91. The summed E-state index contributed by atoms with van der Waals surface area (Å²) in [5.74, 6) is -1.39. The van der Waals surface area contributed by atoms with Crippen molar-refractivity contribution in [2.45, 2.75) is 19.8 Å². The Morgan fingerprint density at radius 2 is 2.16 bits per heavy atom. The summed E-state index contributed by atoms with van der Waals surface area (Å²) in [7, 11) is 0. The highest BCUT2D eigenvalue weighted by molar-refractivity contribution is 9.10. The van der Waals surface area contributed by atoms with Gasteiger partial charge in [0.1, 0.15) is 0 Å². The van der Waals surface area contributed by atoms with Gasteiger partial charge in [0, 0.05) is 22.3 Å². The van der Waals surface area contributed by atoms with E-state index < -0.39 is 5.97 Å². The number of carbonyl (C=O) groups excluding carboxylic acids is 1. The fourth-order valence-electron chi connectivity index (χ4n) is 1.50. The van der Waals surface area contributed by atoms with Crippen LogP contribution in [0.3, 0.4) is 0 Å². The van der Waals surface area contributed by atoms with Crippen molar-refractivity contribution in [1.29, 1.82) is 0 Å². The molecule has 19 heavy (non-hydrogen) atoms. The lowest BCUT2D eigenvalue weighted by atomic mass is 10.1. The summed E-state index contributed by atoms with van der Waals surface area (Å²) < 4.78 is 0.680. The van der Waals surface area contributed by atoms with Crippen molar-refractivity contribution in [3.05, 3.63) is 28.2 Å². The van der Waals surface area contributed by atoms with Crippen LogP contribution < -0.4 is 11.1 Å². The maximum absolute atomic E-state index is 11.8. The second-order valence-corrected chi connectivity index (χ2v) is 5.23. The maximum atomic E-state index is 11.8. The normalized spacial score (nSPS) is 11.9. The predicted octanol–water partition coefficient (Wildman–Crippen LogP) is 2.26. The highest BCUT2D eigenvalue weighted by Gasteiger charge is 2.11. The van der Waals surface area contributed by atoms with Crippen LogP contribution in [0.4, 0.5) is 5.69 Å². The summed E-state index contributed by atoms with van der Waals surface area (Å²) in [4.78, 5) is 22.4. The minimum atomic E-state index is -0.811. The van der Waals surface area contributed by atoms with Gasteiger partial charge in [-0.25, -0.2) is 0 Å². The zero-order chi connectivity index (χ0) is 14.4. The molecule has 0 fully saturated rings. The predicted molar refractivity (Wildman–Crippen MR) is 76.9 cm³/mol. The van der Waals surface area contributed by atoms with Crippen molar-refractivity contribution in [2.24, 2.45) is 5.92 Å². The number of aliphatic carboxylic acids is 1. The van der Waals surface area contributed by atoms with Crippen LogP contribution in [-0.4, -0.2) is 23.5 Å². The number of nitrogens with two attached hydrogens (primary N) is 1. The topological polar surface area (TPSA) is 92.4 Å². The number of halogens is 1. The molecule has 0 spiro atoms. The van der Waals surface area contributed by atoms with Crippen LogP contribution in [0, 0.1) is 5.92 Å². The molecule has 0 radical (unpaired) electrons. The molecule has 0 bridgehead atoms. The molecule has 0 aromatic heterocycles. The monoisotopic (exact) mass is 328 g/mol. The summed E-state index contributed by atoms with van der Waals surface area (Å²) >= 11 is 3.26. The van der Waals surface area contributed by atoms with E-state index in [2.05, 4.69) is 21.2 Å². The van der Waals surface area contributed by atoms with E-state index in [4.69, 9.17) is 10.8 Å². The maximum Gasteiger partial charge on any atom is 0.306 e. The Hall–Kier alpha value is -1.56. The molecule has 1 atom stereocenters. The fraction of sp³-hybridized carbons (Fsp3) is 0.385. The molecule has 1 aromatic carbocycles. The number of hydrogen-bond acceptors (Lipinski definition) is 3. The largest absolute Gasteiger partial charge is 0.481 e. The van der Waals surface area contributed by atoms with E-state index in [-0.39, 0.29) is 11.8 Å². The zero-order valence-corrected chi connectivity index (χ0v) is 12.2. The lowest BCUT2D eigenvalue weighted by Crippen LogP contribution is -2.25. The summed E-state index contributed by atoms with van der Waals surface area (Å²) in [5.41, 5.74) is 6.73. The smallest absolute Gasteiger partial charge is 0.306 e. The molecule has 4 N–H and O–H groups in total. The molecule has 1 amide bonds. The molecule has 0 saturated heterocycles. The number of amides is 1. The number of benzene rings is 1. The lowest BCUT2D eigenvalue weighted by Gasteiger charge is -2.08. The first-order valence-corrected chi connectivity index (χ1v) is 6.77. The van der Waals surface area contributed by atoms with E-state index in [9.17, 15) is 9.59 Å². The van der Waals surface area contributed by atoms with Crippen LogP contribution in [-0.2, 0) is 4.79 Å². The van der Waals surface area contributed by atoms with Crippen LogP contribution >= 0.6 is 15.9 Å². The average Bonchev–Trinajstić information content (AvgIpc) is 2.37. The first kappa shape index (κ1) is 15.5. The highest BCUT2D eigenvalue weighted by Crippen LogP contribution is 2.20. The van der Waals surface area contributed by atoms with Gasteiger partial charge in [0.05, 0.1) is 5.92 Å². The van der Waals surface area contributed by atoms with E-state index in [1.807, 2.05) is 0 Å². The quantitative estimate of drug-likeness (QED) is 0.551. The number of nitrogen functional groups attached to an aromatic ring is 1. The molecule has 1 unspecified atom stereocenters. The van der Waals surface area contributed by atoms with E-state index >= 15 is 0 Å². The molecule has 1 aromatic rings. The molecule has 0 saturated carbocycles. The number of anilines is 1. The number of carbonyl (C=O) groups is 2. The second-order valence-electron chi connectivity index (χ2n) is 4.37. The van der Waals surface area contributed by atoms with E-state index in [1.165, 1.54) is 0 Å². The summed E-state index contributed by atoms with van der Waals surface area (Å²) in [5, 5.41) is 11.5. The van der Waals surface area contributed by atoms with Crippen LogP contribution in [0.5, 0.6) is 0 Å². The van der Waals surface area contributed by atoms with Gasteiger partial charge in [0.15, 0.2) is 0 Å². The summed E-state index contributed by atoms with van der Waals surface area (Å²) in [6, 6.07) is 4.96. The molecule has 1 rings (SSSR count). The van der Waals surface area contributed by atoms with Crippen molar-refractivity contribution in [2.75, 3.05) is 12.3 Å². The summed E-state index contributed by atoms with van der Waals surface area (Å²) in [6.07, 6.45) is 1.18. The minimum Gasteiger partial charge on any atom is -0.481 e. The van der Waals surface area contributed by atoms with Gasteiger partial charge >= 0.3 is 5.97 Å². The van der Waals surface area contributed by atoms with Crippen LogP contribution in [0.15, 0.2) is 22.7 Å². The van der Waals surface area contributed by atoms with Gasteiger partial charge in [-0.05, 0) is 47.0 Å². The number of hydrogen-bond donors (Lipinski definition) is 3. The Morgan fingerprint density at radius 1 is 1.47 bits per heavy atom. The highest BCUT2D eigenvalue weighted by atomic mass is 79.9. The standard InChI is InChI=1S/C13H17BrN2O3/c1-8(13(18)19)3-2-6-16-12(17)9-4-5-11(15)10(14)7-9/h4-5,7-8H,2-3,6,15H2,1H3,(H,16,17)(H,18,19). The Balaban J connectivity index is 2.39.